The highest BCUT2D eigenvalue weighted by Gasteiger charge is 2.31. The van der Waals surface area contributed by atoms with E-state index in [-0.39, 0.29) is 0 Å². The van der Waals surface area contributed by atoms with E-state index in [4.69, 9.17) is 0 Å². The van der Waals surface area contributed by atoms with Crippen molar-refractivity contribution in [1.82, 2.24) is 4.90 Å². The summed E-state index contributed by atoms with van der Waals surface area (Å²) < 4.78 is 0. The molecule has 0 spiro atoms. The maximum atomic E-state index is 12.1. The molecule has 0 N–H and O–H groups in total. The van der Waals surface area contributed by atoms with Crippen molar-refractivity contribution in [3.63, 3.8) is 0 Å². The van der Waals surface area contributed by atoms with E-state index in [9.17, 15) is 4.79 Å². The molecule has 1 aliphatic carbocycles. The largest absolute Gasteiger partial charge is 0.342 e. The molecule has 18 heavy (non-hydrogen) atoms. The zero-order valence-electron chi connectivity index (χ0n) is 12.0. The Bertz CT molecular complexity index is 264. The van der Waals surface area contributed by atoms with Crippen LogP contribution in [0.3, 0.4) is 0 Å². The Hall–Kier alpha value is -0.530. The predicted octanol–water partition coefficient (Wildman–Crippen LogP) is 4.00. The number of hydrogen-bond acceptors (Lipinski definition) is 1. The first-order valence-electron chi connectivity index (χ1n) is 8.09. The average Bonchev–Trinajstić information content (AvgIpc) is 2.55. The van der Waals surface area contributed by atoms with Gasteiger partial charge in [0.1, 0.15) is 0 Å². The molecule has 2 heteroatoms. The summed E-state index contributed by atoms with van der Waals surface area (Å²) in [7, 11) is 0. The molecule has 2 fully saturated rings. The highest BCUT2D eigenvalue weighted by atomic mass is 16.2. The molecule has 0 bridgehead atoms. The Morgan fingerprint density at radius 3 is 2.61 bits per heavy atom. The maximum absolute atomic E-state index is 12.1. The second-order valence-electron chi connectivity index (χ2n) is 6.24. The average molecular weight is 251 g/mol. The minimum absolute atomic E-state index is 0.431. The lowest BCUT2D eigenvalue weighted by Gasteiger charge is -2.32. The fourth-order valence-electron chi connectivity index (χ4n) is 3.70. The van der Waals surface area contributed by atoms with E-state index >= 15 is 0 Å². The Morgan fingerprint density at radius 2 is 1.83 bits per heavy atom. The van der Waals surface area contributed by atoms with Crippen LogP contribution in [-0.4, -0.2) is 23.9 Å². The monoisotopic (exact) mass is 251 g/mol. The number of rotatable bonds is 5. The van der Waals surface area contributed by atoms with Gasteiger partial charge in [-0.3, -0.25) is 4.79 Å². The topological polar surface area (TPSA) is 20.3 Å². The van der Waals surface area contributed by atoms with E-state index in [0.717, 1.165) is 37.8 Å². The minimum Gasteiger partial charge on any atom is -0.342 e. The Balaban J connectivity index is 1.82. The summed E-state index contributed by atoms with van der Waals surface area (Å²) in [6, 6.07) is 0. The van der Waals surface area contributed by atoms with Gasteiger partial charge in [0.2, 0.25) is 5.91 Å². The van der Waals surface area contributed by atoms with Gasteiger partial charge in [-0.15, -0.1) is 0 Å². The summed E-state index contributed by atoms with van der Waals surface area (Å²) in [6.45, 7) is 4.32. The molecule has 1 amide bonds. The van der Waals surface area contributed by atoms with E-state index < -0.39 is 0 Å². The lowest BCUT2D eigenvalue weighted by molar-refractivity contribution is -0.131. The zero-order valence-corrected chi connectivity index (χ0v) is 12.0. The summed E-state index contributed by atoms with van der Waals surface area (Å²) in [6.07, 6.45) is 12.6. The normalized spacial score (nSPS) is 28.9. The number of unbranched alkanes of at least 4 members (excludes halogenated alkanes) is 3. The van der Waals surface area contributed by atoms with Gasteiger partial charge in [-0.2, -0.15) is 0 Å². The van der Waals surface area contributed by atoms with Crippen molar-refractivity contribution in [2.24, 2.45) is 11.8 Å². The second-order valence-corrected chi connectivity index (χ2v) is 6.24. The van der Waals surface area contributed by atoms with Crippen molar-refractivity contribution in [2.45, 2.75) is 71.1 Å². The van der Waals surface area contributed by atoms with E-state index in [2.05, 4.69) is 11.8 Å². The van der Waals surface area contributed by atoms with Crippen LogP contribution in [0.25, 0.3) is 0 Å². The quantitative estimate of drug-likeness (QED) is 0.676. The summed E-state index contributed by atoms with van der Waals surface area (Å²) in [5, 5.41) is 0. The van der Waals surface area contributed by atoms with Crippen LogP contribution in [0, 0.1) is 11.8 Å². The zero-order chi connectivity index (χ0) is 12.8. The molecule has 2 aliphatic rings. The molecule has 1 saturated heterocycles. The molecule has 0 aromatic heterocycles. The second kappa shape index (κ2) is 7.16. The number of likely N-dealkylation sites (tertiary alicyclic amines) is 1. The fourth-order valence-corrected chi connectivity index (χ4v) is 3.70. The van der Waals surface area contributed by atoms with Gasteiger partial charge in [-0.05, 0) is 31.1 Å². The Labute approximate surface area is 112 Å². The molecule has 2 nitrogen and oxygen atoms in total. The molecule has 0 aromatic rings. The first kappa shape index (κ1) is 13.9. The number of carbonyl (C=O) groups excluding carboxylic acids is 1. The molecule has 104 valence electrons. The van der Waals surface area contributed by atoms with Gasteiger partial charge in [-0.25, -0.2) is 0 Å². The molecule has 1 aliphatic heterocycles. The number of fused-ring (bicyclic) bond motifs is 1. The standard InChI is InChI=1S/C16H29NO/c1-2-3-4-7-12-17-13-15-9-6-5-8-14(15)10-11-16(17)18/h14-15H,2-13H2,1H3/t14-,15+/m1/s1. The smallest absolute Gasteiger partial charge is 0.222 e. The lowest BCUT2D eigenvalue weighted by Crippen LogP contribution is -2.35. The van der Waals surface area contributed by atoms with E-state index in [1.54, 1.807) is 0 Å². The van der Waals surface area contributed by atoms with Crippen LogP contribution in [0.5, 0.6) is 0 Å². The maximum Gasteiger partial charge on any atom is 0.222 e. The molecule has 0 unspecified atom stereocenters. The first-order valence-corrected chi connectivity index (χ1v) is 8.09. The van der Waals surface area contributed by atoms with Gasteiger partial charge in [0.15, 0.2) is 0 Å². The van der Waals surface area contributed by atoms with Gasteiger partial charge in [0.25, 0.3) is 0 Å². The van der Waals surface area contributed by atoms with Crippen LogP contribution in [0.2, 0.25) is 0 Å². The van der Waals surface area contributed by atoms with Crippen molar-refractivity contribution < 1.29 is 4.79 Å². The van der Waals surface area contributed by atoms with Crippen molar-refractivity contribution >= 4 is 5.91 Å². The molecular formula is C16H29NO. The summed E-state index contributed by atoms with van der Waals surface area (Å²) in [5.41, 5.74) is 0. The Kier molecular flexibility index (Phi) is 5.52. The van der Waals surface area contributed by atoms with Crippen molar-refractivity contribution in [3.05, 3.63) is 0 Å². The fraction of sp³-hybridized carbons (Fsp3) is 0.938. The lowest BCUT2D eigenvalue weighted by atomic mass is 9.77. The third-order valence-electron chi connectivity index (χ3n) is 4.88. The van der Waals surface area contributed by atoms with Crippen molar-refractivity contribution in [3.8, 4) is 0 Å². The minimum atomic E-state index is 0.431. The van der Waals surface area contributed by atoms with Gasteiger partial charge in [0.05, 0.1) is 0 Å². The predicted molar refractivity (Wildman–Crippen MR) is 75.4 cm³/mol. The van der Waals surface area contributed by atoms with E-state index in [1.807, 2.05) is 0 Å². The van der Waals surface area contributed by atoms with E-state index in [0.29, 0.717) is 5.91 Å². The van der Waals surface area contributed by atoms with Crippen molar-refractivity contribution in [2.75, 3.05) is 13.1 Å². The highest BCUT2D eigenvalue weighted by molar-refractivity contribution is 5.76. The molecule has 2 rings (SSSR count). The van der Waals surface area contributed by atoms with Gasteiger partial charge in [-0.1, -0.05) is 45.4 Å². The summed E-state index contributed by atoms with van der Waals surface area (Å²) in [5.74, 6) is 2.10. The summed E-state index contributed by atoms with van der Waals surface area (Å²) >= 11 is 0. The number of nitrogens with zero attached hydrogens (tertiary/aromatic N) is 1. The highest BCUT2D eigenvalue weighted by Crippen LogP contribution is 2.36. The van der Waals surface area contributed by atoms with Crippen LogP contribution >= 0.6 is 0 Å². The first-order chi connectivity index (χ1) is 8.81. The number of hydrogen-bond donors (Lipinski definition) is 0. The van der Waals surface area contributed by atoms with Crippen LogP contribution in [0.1, 0.15) is 71.1 Å². The van der Waals surface area contributed by atoms with Crippen LogP contribution < -0.4 is 0 Å². The molecule has 1 heterocycles. The number of carbonyl (C=O) groups is 1. The molecule has 1 saturated carbocycles. The third kappa shape index (κ3) is 3.73. The summed E-state index contributed by atoms with van der Waals surface area (Å²) in [4.78, 5) is 14.3. The van der Waals surface area contributed by atoms with Crippen LogP contribution in [0.4, 0.5) is 0 Å². The van der Waals surface area contributed by atoms with Crippen LogP contribution in [-0.2, 0) is 4.79 Å². The van der Waals surface area contributed by atoms with Crippen molar-refractivity contribution in [1.29, 1.82) is 0 Å². The van der Waals surface area contributed by atoms with Crippen LogP contribution in [0.15, 0.2) is 0 Å². The van der Waals surface area contributed by atoms with E-state index in [1.165, 1.54) is 51.4 Å². The third-order valence-corrected chi connectivity index (χ3v) is 4.88. The van der Waals surface area contributed by atoms with Gasteiger partial charge >= 0.3 is 0 Å². The number of amides is 1. The van der Waals surface area contributed by atoms with Gasteiger partial charge < -0.3 is 4.90 Å². The Morgan fingerprint density at radius 1 is 1.06 bits per heavy atom. The molecule has 0 radical (unpaired) electrons. The molecule has 0 aromatic carbocycles. The van der Waals surface area contributed by atoms with Gasteiger partial charge in [0, 0.05) is 19.5 Å². The SMILES string of the molecule is CCCCCCN1C[C@@H]2CCCC[C@@H]2CCC1=O. The molecular weight excluding hydrogens is 222 g/mol. The molecule has 2 atom stereocenters.